The van der Waals surface area contributed by atoms with Crippen LogP contribution >= 0.6 is 0 Å². The van der Waals surface area contributed by atoms with Crippen LogP contribution in [0.3, 0.4) is 0 Å². The fraction of sp³-hybridized carbons (Fsp3) is 0.261. The molecule has 2 aromatic heterocycles. The van der Waals surface area contributed by atoms with E-state index in [1.807, 2.05) is 56.3 Å². The first-order chi connectivity index (χ1) is 15.3. The van der Waals surface area contributed by atoms with Gasteiger partial charge in [0, 0.05) is 7.05 Å². The van der Waals surface area contributed by atoms with E-state index in [-0.39, 0.29) is 30.3 Å². The van der Waals surface area contributed by atoms with Crippen LogP contribution in [0.1, 0.15) is 11.1 Å². The van der Waals surface area contributed by atoms with Gasteiger partial charge in [0.05, 0.1) is 6.54 Å². The topological polar surface area (TPSA) is 111 Å². The molecule has 0 saturated carbocycles. The number of nitrogens with zero attached hydrogens (tertiary/aromatic N) is 3. The smallest absolute Gasteiger partial charge is 0.329 e. The molecule has 0 aliphatic heterocycles. The minimum atomic E-state index is -0.969. The lowest BCUT2D eigenvalue weighted by Gasteiger charge is -2.16. The van der Waals surface area contributed by atoms with Crippen molar-refractivity contribution in [2.24, 2.45) is 7.05 Å². The molecule has 1 atom stereocenters. The van der Waals surface area contributed by atoms with Crippen molar-refractivity contribution in [3.8, 4) is 17.5 Å². The maximum Gasteiger partial charge on any atom is 0.329 e. The molecule has 0 bridgehead atoms. The van der Waals surface area contributed by atoms with Crippen molar-refractivity contribution in [2.45, 2.75) is 26.5 Å². The number of H-pyrrole nitrogens is 1. The number of para-hydroxylation sites is 1. The maximum atomic E-state index is 12.6. The van der Waals surface area contributed by atoms with Crippen LogP contribution in [0.4, 0.5) is 0 Å². The van der Waals surface area contributed by atoms with Gasteiger partial charge >= 0.3 is 11.7 Å². The summed E-state index contributed by atoms with van der Waals surface area (Å²) < 4.78 is 14.4. The fourth-order valence-electron chi connectivity index (χ4n) is 3.41. The number of aliphatic hydroxyl groups is 1. The van der Waals surface area contributed by atoms with Crippen LogP contribution < -0.4 is 20.7 Å². The van der Waals surface area contributed by atoms with Crippen molar-refractivity contribution in [1.82, 2.24) is 19.1 Å². The maximum absolute atomic E-state index is 12.6. The SMILES string of the molecule is Cc1cccc(Oc2nc3c(c(=O)[nH]c(=O)n3C)n2C[C@@H](O)COc2ccccc2C)c1. The number of aromatic amines is 1. The van der Waals surface area contributed by atoms with E-state index in [1.54, 1.807) is 6.07 Å². The zero-order valence-corrected chi connectivity index (χ0v) is 18.0. The Labute approximate surface area is 183 Å². The number of aryl methyl sites for hydroxylation is 3. The Morgan fingerprint density at radius 1 is 1.12 bits per heavy atom. The van der Waals surface area contributed by atoms with Crippen LogP contribution in [-0.4, -0.2) is 36.9 Å². The Kier molecular flexibility index (Phi) is 5.83. The molecule has 0 aliphatic rings. The molecule has 9 nitrogen and oxygen atoms in total. The Morgan fingerprint density at radius 2 is 1.91 bits per heavy atom. The molecular weight excluding hydrogens is 412 g/mol. The van der Waals surface area contributed by atoms with Crippen molar-refractivity contribution in [3.05, 3.63) is 80.5 Å². The number of ether oxygens (including phenoxy) is 2. The first-order valence-corrected chi connectivity index (χ1v) is 10.1. The molecule has 2 heterocycles. The first kappa shape index (κ1) is 21.4. The fourth-order valence-corrected chi connectivity index (χ4v) is 3.41. The Balaban J connectivity index is 1.69. The lowest BCUT2D eigenvalue weighted by atomic mass is 10.2. The van der Waals surface area contributed by atoms with E-state index in [2.05, 4.69) is 9.97 Å². The normalized spacial score (nSPS) is 12.1. The summed E-state index contributed by atoms with van der Waals surface area (Å²) in [5, 5.41) is 10.7. The van der Waals surface area contributed by atoms with E-state index in [0.717, 1.165) is 11.1 Å². The second-order valence-corrected chi connectivity index (χ2v) is 7.64. The summed E-state index contributed by atoms with van der Waals surface area (Å²) in [5.41, 5.74) is 1.03. The van der Waals surface area contributed by atoms with Gasteiger partial charge in [0.25, 0.3) is 5.56 Å². The second-order valence-electron chi connectivity index (χ2n) is 7.64. The molecule has 0 saturated heterocycles. The molecule has 166 valence electrons. The quantitative estimate of drug-likeness (QED) is 0.460. The standard InChI is InChI=1S/C23H24N4O5/c1-14-7-6-9-17(11-14)32-23-24-20-19(21(29)25-22(30)26(20)3)27(23)12-16(28)13-31-18-10-5-4-8-15(18)2/h4-11,16,28H,12-13H2,1-3H3,(H,25,29,30)/t16-/m1/s1. The van der Waals surface area contributed by atoms with Gasteiger partial charge in [-0.3, -0.25) is 18.9 Å². The Morgan fingerprint density at radius 3 is 2.66 bits per heavy atom. The summed E-state index contributed by atoms with van der Waals surface area (Å²) in [6, 6.07) is 14.9. The summed E-state index contributed by atoms with van der Waals surface area (Å²) in [7, 11) is 1.51. The molecule has 0 amide bonds. The lowest BCUT2D eigenvalue weighted by Crippen LogP contribution is -2.30. The van der Waals surface area contributed by atoms with Crippen molar-refractivity contribution in [1.29, 1.82) is 0 Å². The molecule has 2 N–H and O–H groups in total. The van der Waals surface area contributed by atoms with Crippen LogP contribution in [-0.2, 0) is 13.6 Å². The number of hydrogen-bond donors (Lipinski definition) is 2. The summed E-state index contributed by atoms with van der Waals surface area (Å²) in [4.78, 5) is 31.3. The molecule has 4 rings (SSSR count). The molecule has 32 heavy (non-hydrogen) atoms. The highest BCUT2D eigenvalue weighted by atomic mass is 16.5. The molecular formula is C23H24N4O5. The third kappa shape index (κ3) is 4.28. The highest BCUT2D eigenvalue weighted by Gasteiger charge is 2.21. The van der Waals surface area contributed by atoms with Gasteiger partial charge < -0.3 is 14.6 Å². The van der Waals surface area contributed by atoms with E-state index in [4.69, 9.17) is 9.47 Å². The van der Waals surface area contributed by atoms with Gasteiger partial charge in [0.15, 0.2) is 11.2 Å². The van der Waals surface area contributed by atoms with Crippen LogP contribution in [0.2, 0.25) is 0 Å². The molecule has 0 aliphatic carbocycles. The Bertz CT molecular complexity index is 1390. The predicted octanol–water partition coefficient (Wildman–Crippen LogP) is 2.27. The van der Waals surface area contributed by atoms with Crippen molar-refractivity contribution < 1.29 is 14.6 Å². The largest absolute Gasteiger partial charge is 0.491 e. The molecule has 9 heteroatoms. The van der Waals surface area contributed by atoms with E-state index >= 15 is 0 Å². The van der Waals surface area contributed by atoms with Gasteiger partial charge in [0.2, 0.25) is 0 Å². The van der Waals surface area contributed by atoms with Crippen LogP contribution in [0.5, 0.6) is 17.5 Å². The summed E-state index contributed by atoms with van der Waals surface area (Å²) in [5.74, 6) is 1.19. The van der Waals surface area contributed by atoms with Crippen molar-refractivity contribution in [3.63, 3.8) is 0 Å². The number of imidazole rings is 1. The molecule has 0 radical (unpaired) electrons. The number of fused-ring (bicyclic) bond motifs is 1. The van der Waals surface area contributed by atoms with Crippen LogP contribution in [0, 0.1) is 13.8 Å². The number of nitrogens with one attached hydrogen (secondary N) is 1. The predicted molar refractivity (Wildman–Crippen MR) is 120 cm³/mol. The Hall–Kier alpha value is -3.85. The van der Waals surface area contributed by atoms with Crippen molar-refractivity contribution in [2.75, 3.05) is 6.61 Å². The minimum absolute atomic E-state index is 0.00190. The summed E-state index contributed by atoms with van der Waals surface area (Å²) >= 11 is 0. The average Bonchev–Trinajstić information content (AvgIpc) is 3.10. The van der Waals surface area contributed by atoms with Gasteiger partial charge in [-0.2, -0.15) is 4.98 Å². The second kappa shape index (κ2) is 8.72. The summed E-state index contributed by atoms with van der Waals surface area (Å²) in [6.07, 6.45) is -0.969. The number of rotatable bonds is 7. The molecule has 0 fully saturated rings. The van der Waals surface area contributed by atoms with Gasteiger partial charge in [0.1, 0.15) is 24.2 Å². The van der Waals surface area contributed by atoms with E-state index in [9.17, 15) is 14.7 Å². The molecule has 2 aromatic carbocycles. The lowest BCUT2D eigenvalue weighted by molar-refractivity contribution is 0.0912. The molecule has 0 spiro atoms. The first-order valence-electron chi connectivity index (χ1n) is 10.1. The number of aromatic nitrogens is 4. The number of benzene rings is 2. The van der Waals surface area contributed by atoms with Gasteiger partial charge in [-0.05, 0) is 43.2 Å². The average molecular weight is 436 g/mol. The zero-order chi connectivity index (χ0) is 22.8. The minimum Gasteiger partial charge on any atom is -0.491 e. The van der Waals surface area contributed by atoms with Gasteiger partial charge in [-0.1, -0.05) is 30.3 Å². The molecule has 0 unspecified atom stereocenters. The number of aliphatic hydroxyl groups excluding tert-OH is 1. The van der Waals surface area contributed by atoms with Crippen LogP contribution in [0.25, 0.3) is 11.2 Å². The zero-order valence-electron chi connectivity index (χ0n) is 18.0. The van der Waals surface area contributed by atoms with Gasteiger partial charge in [-0.15, -0.1) is 0 Å². The summed E-state index contributed by atoms with van der Waals surface area (Å²) in [6.45, 7) is 3.82. The third-order valence-electron chi connectivity index (χ3n) is 5.09. The highest BCUT2D eigenvalue weighted by molar-refractivity contribution is 5.71. The van der Waals surface area contributed by atoms with Crippen molar-refractivity contribution >= 4 is 11.2 Å². The highest BCUT2D eigenvalue weighted by Crippen LogP contribution is 2.25. The van der Waals surface area contributed by atoms with E-state index in [0.29, 0.717) is 11.5 Å². The third-order valence-corrected chi connectivity index (χ3v) is 5.09. The van der Waals surface area contributed by atoms with Crippen LogP contribution in [0.15, 0.2) is 58.1 Å². The van der Waals surface area contributed by atoms with E-state index in [1.165, 1.54) is 16.2 Å². The number of hydrogen-bond acceptors (Lipinski definition) is 6. The molecule has 4 aromatic rings. The monoisotopic (exact) mass is 436 g/mol. The van der Waals surface area contributed by atoms with E-state index < -0.39 is 17.4 Å². The van der Waals surface area contributed by atoms with Gasteiger partial charge in [-0.25, -0.2) is 4.79 Å².